The summed E-state index contributed by atoms with van der Waals surface area (Å²) in [4.78, 5) is 29.7. The molecule has 0 bridgehead atoms. The molecule has 0 aliphatic rings. The summed E-state index contributed by atoms with van der Waals surface area (Å²) >= 11 is 0. The number of alkyl halides is 3. The highest BCUT2D eigenvalue weighted by Crippen LogP contribution is 2.30. The summed E-state index contributed by atoms with van der Waals surface area (Å²) in [6, 6.07) is 17.4. The minimum atomic E-state index is -4.96. The number of para-hydroxylation sites is 1. The summed E-state index contributed by atoms with van der Waals surface area (Å²) in [5.74, 6) is -1.45. The van der Waals surface area contributed by atoms with Crippen molar-refractivity contribution in [1.82, 2.24) is 9.38 Å². The topological polar surface area (TPSA) is 85.8 Å². The molecule has 2 aromatic carbocycles. The number of hydrogen-bond acceptors (Lipinski definition) is 5. The highest BCUT2D eigenvalue weighted by molar-refractivity contribution is 6.05. The van der Waals surface area contributed by atoms with Gasteiger partial charge in [0.1, 0.15) is 11.2 Å². The summed E-state index contributed by atoms with van der Waals surface area (Å²) in [5.41, 5.74) is 0.707. The molecule has 0 atom stereocenters. The number of benzene rings is 2. The molecule has 1 N–H and O–H groups in total. The van der Waals surface area contributed by atoms with Crippen molar-refractivity contribution in [2.24, 2.45) is 0 Å². The van der Waals surface area contributed by atoms with Crippen LogP contribution in [0.4, 0.5) is 18.9 Å². The number of rotatable bonds is 4. The first-order valence-electron chi connectivity index (χ1n) is 9.95. The maximum atomic E-state index is 12.8. The van der Waals surface area contributed by atoms with Crippen LogP contribution in [0.5, 0.6) is 5.75 Å². The molecule has 0 saturated heterocycles. The Balaban J connectivity index is 1.44. The summed E-state index contributed by atoms with van der Waals surface area (Å²) in [5, 5.41) is 2.72. The molecule has 0 radical (unpaired) electrons. The highest BCUT2D eigenvalue weighted by Gasteiger charge is 2.32. The van der Waals surface area contributed by atoms with Crippen LogP contribution in [0.3, 0.4) is 0 Å². The first-order valence-corrected chi connectivity index (χ1v) is 9.95. The lowest BCUT2D eigenvalue weighted by Gasteiger charge is -2.11. The van der Waals surface area contributed by atoms with E-state index in [9.17, 15) is 22.8 Å². The molecule has 0 aliphatic carbocycles. The third kappa shape index (κ3) is 4.20. The number of carbonyl (C=O) groups is 1. The van der Waals surface area contributed by atoms with Gasteiger partial charge in [0.15, 0.2) is 11.3 Å². The van der Waals surface area contributed by atoms with Crippen LogP contribution in [0.2, 0.25) is 0 Å². The molecule has 0 aliphatic heterocycles. The van der Waals surface area contributed by atoms with Gasteiger partial charge in [-0.1, -0.05) is 30.3 Å². The van der Waals surface area contributed by atoms with Gasteiger partial charge in [0.05, 0.1) is 5.69 Å². The largest absolute Gasteiger partial charge is 0.573 e. The molecule has 1 amide bonds. The second kappa shape index (κ2) is 8.07. The quantitative estimate of drug-likeness (QED) is 0.366. The van der Waals surface area contributed by atoms with E-state index in [2.05, 4.69) is 15.0 Å². The summed E-state index contributed by atoms with van der Waals surface area (Å²) < 4.78 is 48.6. The van der Waals surface area contributed by atoms with E-state index in [1.54, 1.807) is 18.2 Å². The Morgan fingerprint density at radius 2 is 1.85 bits per heavy atom. The van der Waals surface area contributed by atoms with Crippen LogP contribution in [-0.4, -0.2) is 21.7 Å². The van der Waals surface area contributed by atoms with Crippen LogP contribution < -0.4 is 15.7 Å². The van der Waals surface area contributed by atoms with Crippen molar-refractivity contribution in [1.29, 1.82) is 0 Å². The van der Waals surface area contributed by atoms with Crippen LogP contribution >= 0.6 is 0 Å². The van der Waals surface area contributed by atoms with E-state index in [1.165, 1.54) is 12.1 Å². The van der Waals surface area contributed by atoms with Gasteiger partial charge in [-0.3, -0.25) is 4.79 Å². The van der Waals surface area contributed by atoms with Gasteiger partial charge in [-0.15, -0.1) is 13.2 Å². The molecule has 5 aromatic rings. The van der Waals surface area contributed by atoms with Gasteiger partial charge in [0, 0.05) is 29.0 Å². The number of halogens is 3. The van der Waals surface area contributed by atoms with Crippen molar-refractivity contribution in [2.75, 3.05) is 5.32 Å². The number of aromatic nitrogens is 2. The molecule has 170 valence electrons. The van der Waals surface area contributed by atoms with Gasteiger partial charge >= 0.3 is 12.0 Å². The number of anilines is 1. The van der Waals surface area contributed by atoms with Gasteiger partial charge < -0.3 is 18.9 Å². The molecule has 3 heterocycles. The zero-order valence-electron chi connectivity index (χ0n) is 17.2. The number of hydrogen-bond donors (Lipinski definition) is 1. The van der Waals surface area contributed by atoms with Gasteiger partial charge in [-0.2, -0.15) is 0 Å². The predicted octanol–water partition coefficient (Wildman–Crippen LogP) is 5.26. The first-order chi connectivity index (χ1) is 16.3. The third-order valence-corrected chi connectivity index (χ3v) is 4.97. The van der Waals surface area contributed by atoms with E-state index >= 15 is 0 Å². The number of carbonyl (C=O) groups excluding carboxylic acids is 1. The van der Waals surface area contributed by atoms with Crippen molar-refractivity contribution in [3.05, 3.63) is 95.1 Å². The van der Waals surface area contributed by atoms with E-state index in [0.29, 0.717) is 11.4 Å². The van der Waals surface area contributed by atoms with Crippen molar-refractivity contribution >= 4 is 28.2 Å². The van der Waals surface area contributed by atoms with Gasteiger partial charge in [0.2, 0.25) is 0 Å². The summed E-state index contributed by atoms with van der Waals surface area (Å²) in [6.45, 7) is 0. The number of amides is 1. The predicted molar refractivity (Wildman–Crippen MR) is 118 cm³/mol. The fraction of sp³-hybridized carbons (Fsp3) is 0.0417. The molecule has 7 nitrogen and oxygen atoms in total. The molecule has 0 fully saturated rings. The van der Waals surface area contributed by atoms with E-state index < -0.39 is 29.2 Å². The van der Waals surface area contributed by atoms with E-state index in [1.807, 2.05) is 41.1 Å². The fourth-order valence-corrected chi connectivity index (χ4v) is 3.51. The Morgan fingerprint density at radius 3 is 2.65 bits per heavy atom. The Morgan fingerprint density at radius 1 is 1.03 bits per heavy atom. The molecule has 0 saturated carbocycles. The molecule has 0 unspecified atom stereocenters. The van der Waals surface area contributed by atoms with Crippen molar-refractivity contribution in [3.8, 4) is 17.0 Å². The Bertz CT molecular complexity index is 1570. The normalized spacial score (nSPS) is 11.6. The maximum Gasteiger partial charge on any atom is 0.573 e. The number of pyridine rings is 1. The number of imidazole rings is 1. The molecular formula is C24H14F3N3O4. The highest BCUT2D eigenvalue weighted by atomic mass is 19.4. The van der Waals surface area contributed by atoms with Gasteiger partial charge in [0.25, 0.3) is 5.91 Å². The van der Waals surface area contributed by atoms with E-state index in [-0.39, 0.29) is 10.9 Å². The Kier molecular flexibility index (Phi) is 5.05. The van der Waals surface area contributed by atoms with Gasteiger partial charge in [-0.25, -0.2) is 9.78 Å². The van der Waals surface area contributed by atoms with Crippen LogP contribution in [0.25, 0.3) is 27.9 Å². The van der Waals surface area contributed by atoms with E-state index in [0.717, 1.165) is 23.3 Å². The standard InChI is InChI=1S/C24H14F3N3O4/c25-24(26,27)34-19-8-4-6-15-12-17(23(32)33-21(15)19)22(31)28-16-7-3-5-14(11-16)18-13-30-10-2-1-9-20(30)29-18/h1-13H,(H,28,31). The number of fused-ring (bicyclic) bond motifs is 2. The monoisotopic (exact) mass is 465 g/mol. The van der Waals surface area contributed by atoms with Crippen LogP contribution in [-0.2, 0) is 0 Å². The minimum Gasteiger partial charge on any atom is -0.418 e. The van der Waals surface area contributed by atoms with Crippen LogP contribution in [0.1, 0.15) is 10.4 Å². The summed E-state index contributed by atoms with van der Waals surface area (Å²) in [6.07, 6.45) is -1.26. The average Bonchev–Trinajstić information content (AvgIpc) is 3.23. The summed E-state index contributed by atoms with van der Waals surface area (Å²) in [7, 11) is 0. The lowest BCUT2D eigenvalue weighted by Crippen LogP contribution is -2.21. The van der Waals surface area contributed by atoms with Crippen molar-refractivity contribution in [3.63, 3.8) is 0 Å². The lowest BCUT2D eigenvalue weighted by molar-refractivity contribution is -0.274. The third-order valence-electron chi connectivity index (χ3n) is 4.97. The fourth-order valence-electron chi connectivity index (χ4n) is 3.51. The van der Waals surface area contributed by atoms with Gasteiger partial charge in [-0.05, 0) is 36.4 Å². The molecule has 0 spiro atoms. The molecule has 34 heavy (non-hydrogen) atoms. The lowest BCUT2D eigenvalue weighted by atomic mass is 10.1. The molecule has 3 aromatic heterocycles. The zero-order chi connectivity index (χ0) is 23.9. The number of ether oxygens (including phenoxy) is 1. The second-order valence-corrected chi connectivity index (χ2v) is 7.30. The second-order valence-electron chi connectivity index (χ2n) is 7.30. The van der Waals surface area contributed by atoms with E-state index in [4.69, 9.17) is 4.42 Å². The Labute approximate surface area is 189 Å². The Hall–Kier alpha value is -4.60. The first kappa shape index (κ1) is 21.3. The van der Waals surface area contributed by atoms with Crippen molar-refractivity contribution < 1.29 is 27.1 Å². The van der Waals surface area contributed by atoms with Crippen molar-refractivity contribution in [2.45, 2.75) is 6.36 Å². The van der Waals surface area contributed by atoms with Crippen LogP contribution in [0, 0.1) is 0 Å². The smallest absolute Gasteiger partial charge is 0.418 e. The van der Waals surface area contributed by atoms with Crippen LogP contribution in [0.15, 0.2) is 88.3 Å². The number of nitrogens with zero attached hydrogens (tertiary/aromatic N) is 2. The maximum absolute atomic E-state index is 12.8. The molecule has 10 heteroatoms. The average molecular weight is 465 g/mol. The number of nitrogens with one attached hydrogen (secondary N) is 1. The molecule has 5 rings (SSSR count). The SMILES string of the molecule is O=C(Nc1cccc(-c2cn3ccccc3n2)c1)c1cc2cccc(OC(F)(F)F)c2oc1=O. The minimum absolute atomic E-state index is 0.102. The zero-order valence-corrected chi connectivity index (χ0v) is 17.2. The molecular weight excluding hydrogens is 451 g/mol.